The van der Waals surface area contributed by atoms with Crippen LogP contribution in [0.3, 0.4) is 0 Å². The number of carbonyl (C=O) groups excluding carboxylic acids is 1. The van der Waals surface area contributed by atoms with Crippen LogP contribution >= 0.6 is 11.3 Å². The maximum absolute atomic E-state index is 13.2. The van der Waals surface area contributed by atoms with Gasteiger partial charge in [-0.3, -0.25) is 4.99 Å². The molecule has 1 fully saturated rings. The summed E-state index contributed by atoms with van der Waals surface area (Å²) in [7, 11) is 0. The predicted molar refractivity (Wildman–Crippen MR) is 127 cm³/mol. The molecule has 3 aromatic rings. The molecule has 0 bridgehead atoms. The lowest BCUT2D eigenvalue weighted by Crippen LogP contribution is -2.51. The molecule has 0 saturated heterocycles. The average Bonchev–Trinajstić information content (AvgIpc) is 3.11. The zero-order chi connectivity index (χ0) is 21.9. The van der Waals surface area contributed by atoms with E-state index >= 15 is 0 Å². The Hall–Kier alpha value is -3.26. The van der Waals surface area contributed by atoms with Crippen LogP contribution in [0.5, 0.6) is 0 Å². The number of thiophene rings is 1. The van der Waals surface area contributed by atoms with Crippen LogP contribution < -0.4 is 10.6 Å². The second-order valence-corrected chi connectivity index (χ2v) is 9.97. The Morgan fingerprint density at radius 3 is 2.88 bits per heavy atom. The molecule has 2 aromatic heterocycles. The molecular formula is C24H24N6OS. The van der Waals surface area contributed by atoms with Crippen molar-refractivity contribution in [3.8, 4) is 0 Å². The van der Waals surface area contributed by atoms with Crippen molar-refractivity contribution >= 4 is 39.2 Å². The number of hydrogen-bond acceptors (Lipinski definition) is 6. The second-order valence-electron chi connectivity index (χ2n) is 9.06. The first-order chi connectivity index (χ1) is 15.5. The van der Waals surface area contributed by atoms with Gasteiger partial charge in [-0.25, -0.2) is 14.8 Å². The van der Waals surface area contributed by atoms with E-state index in [1.807, 2.05) is 22.4 Å². The standard InChI is InChI=1S/C24H24N6OS/c1-24(2)17-11-25-21(29-22-20-18(8-9-32-20)26-13-27-22)16(17)12-30(24)23(31)28-19-10-15(19)14-6-4-3-5-7-14/h3-9,13,15,19H,10-12H2,1-2H3,(H,28,31)(H,25,26,27,29)/t15?,19-/m0/s1. The van der Waals surface area contributed by atoms with Crippen LogP contribution in [0.2, 0.25) is 0 Å². The molecule has 7 nitrogen and oxygen atoms in total. The van der Waals surface area contributed by atoms with E-state index in [-0.39, 0.29) is 17.6 Å². The van der Waals surface area contributed by atoms with Gasteiger partial charge in [-0.05, 0) is 42.9 Å². The zero-order valence-electron chi connectivity index (χ0n) is 18.0. The monoisotopic (exact) mass is 444 g/mol. The smallest absolute Gasteiger partial charge is 0.318 e. The number of aliphatic imine (C=N–C) groups is 1. The molecule has 3 aliphatic rings. The van der Waals surface area contributed by atoms with E-state index in [2.05, 4.69) is 58.7 Å². The molecule has 0 spiro atoms. The molecule has 2 N–H and O–H groups in total. The first-order valence-corrected chi connectivity index (χ1v) is 11.8. The van der Waals surface area contributed by atoms with Gasteiger partial charge in [-0.1, -0.05) is 30.3 Å². The summed E-state index contributed by atoms with van der Waals surface area (Å²) < 4.78 is 1.01. The van der Waals surface area contributed by atoms with Gasteiger partial charge >= 0.3 is 6.03 Å². The summed E-state index contributed by atoms with van der Waals surface area (Å²) in [5.41, 5.74) is 4.13. The molecule has 6 rings (SSSR count). The van der Waals surface area contributed by atoms with Gasteiger partial charge in [-0.15, -0.1) is 11.3 Å². The van der Waals surface area contributed by atoms with Crippen LogP contribution in [-0.4, -0.2) is 51.4 Å². The summed E-state index contributed by atoms with van der Waals surface area (Å²) >= 11 is 1.61. The fourth-order valence-electron chi connectivity index (χ4n) is 4.83. The zero-order valence-corrected chi connectivity index (χ0v) is 18.8. The molecule has 2 aliphatic heterocycles. The Kier molecular flexibility index (Phi) is 4.33. The van der Waals surface area contributed by atoms with E-state index in [1.54, 1.807) is 17.7 Å². The summed E-state index contributed by atoms with van der Waals surface area (Å²) in [6.45, 7) is 5.36. The number of nitrogens with one attached hydrogen (secondary N) is 2. The maximum Gasteiger partial charge on any atom is 0.318 e. The first kappa shape index (κ1) is 19.4. The van der Waals surface area contributed by atoms with E-state index in [9.17, 15) is 4.79 Å². The van der Waals surface area contributed by atoms with Gasteiger partial charge in [0.15, 0.2) is 5.82 Å². The van der Waals surface area contributed by atoms with Crippen LogP contribution in [0.25, 0.3) is 10.2 Å². The molecule has 2 amide bonds. The summed E-state index contributed by atoms with van der Waals surface area (Å²) in [6, 6.07) is 12.6. The molecule has 162 valence electrons. The van der Waals surface area contributed by atoms with Crippen molar-refractivity contribution in [1.82, 2.24) is 20.2 Å². The van der Waals surface area contributed by atoms with Crippen molar-refractivity contribution < 1.29 is 4.79 Å². The Morgan fingerprint density at radius 1 is 1.19 bits per heavy atom. The number of aromatic nitrogens is 2. The summed E-state index contributed by atoms with van der Waals surface area (Å²) in [5.74, 6) is 1.99. The SMILES string of the molecule is CC1(C)C2=C(CN1C(=O)N[C@H]1CC1c1ccccc1)C(Nc1ncnc3ccsc13)=NC2. The van der Waals surface area contributed by atoms with Crippen molar-refractivity contribution in [2.24, 2.45) is 4.99 Å². The number of fused-ring (bicyclic) bond motifs is 1. The lowest BCUT2D eigenvalue weighted by Gasteiger charge is -2.34. The number of rotatable bonds is 3. The molecule has 1 aliphatic carbocycles. The molecule has 32 heavy (non-hydrogen) atoms. The highest BCUT2D eigenvalue weighted by Gasteiger charge is 2.47. The van der Waals surface area contributed by atoms with E-state index in [0.29, 0.717) is 19.0 Å². The van der Waals surface area contributed by atoms with E-state index < -0.39 is 0 Å². The highest BCUT2D eigenvalue weighted by atomic mass is 32.1. The van der Waals surface area contributed by atoms with Crippen LogP contribution in [0.1, 0.15) is 31.7 Å². The van der Waals surface area contributed by atoms with Crippen molar-refractivity contribution in [1.29, 1.82) is 0 Å². The molecule has 8 heteroatoms. The van der Waals surface area contributed by atoms with Crippen molar-refractivity contribution in [3.05, 3.63) is 64.8 Å². The summed E-state index contributed by atoms with van der Waals surface area (Å²) in [5, 5.41) is 8.68. The van der Waals surface area contributed by atoms with Crippen LogP contribution in [0.15, 0.2) is 64.2 Å². The van der Waals surface area contributed by atoms with Crippen molar-refractivity contribution in [2.75, 3.05) is 18.4 Å². The van der Waals surface area contributed by atoms with Crippen LogP contribution in [0.4, 0.5) is 10.6 Å². The van der Waals surface area contributed by atoms with Gasteiger partial charge in [0, 0.05) is 17.5 Å². The average molecular weight is 445 g/mol. The number of anilines is 1. The van der Waals surface area contributed by atoms with Gasteiger partial charge in [0.1, 0.15) is 12.2 Å². The number of hydrogen-bond donors (Lipinski definition) is 2. The quantitative estimate of drug-likeness (QED) is 0.635. The highest BCUT2D eigenvalue weighted by Crippen LogP contribution is 2.42. The molecule has 2 atom stereocenters. The predicted octanol–water partition coefficient (Wildman–Crippen LogP) is 4.17. The number of nitrogens with zero attached hydrogens (tertiary/aromatic N) is 4. The minimum atomic E-state index is -0.382. The van der Waals surface area contributed by atoms with E-state index in [4.69, 9.17) is 4.99 Å². The molecule has 1 aromatic carbocycles. The number of amidine groups is 1. The lowest BCUT2D eigenvalue weighted by atomic mass is 9.94. The first-order valence-electron chi connectivity index (χ1n) is 10.9. The Labute approximate surface area is 190 Å². The molecular weight excluding hydrogens is 420 g/mol. The molecule has 0 radical (unpaired) electrons. The minimum Gasteiger partial charge on any atom is -0.335 e. The number of urea groups is 1. The van der Waals surface area contributed by atoms with Crippen LogP contribution in [0, 0.1) is 0 Å². The number of amides is 2. The normalized spacial score (nSPS) is 23.3. The number of benzene rings is 1. The molecule has 4 heterocycles. The summed E-state index contributed by atoms with van der Waals surface area (Å²) in [6.07, 6.45) is 2.56. The molecule has 1 saturated carbocycles. The number of carbonyl (C=O) groups is 1. The van der Waals surface area contributed by atoms with Crippen LogP contribution in [-0.2, 0) is 0 Å². The van der Waals surface area contributed by atoms with Crippen molar-refractivity contribution in [3.63, 3.8) is 0 Å². The van der Waals surface area contributed by atoms with Crippen molar-refractivity contribution in [2.45, 2.75) is 37.8 Å². The fraction of sp³-hybridized carbons (Fsp3) is 0.333. The van der Waals surface area contributed by atoms with Gasteiger partial charge in [0.25, 0.3) is 0 Å². The fourth-order valence-corrected chi connectivity index (χ4v) is 5.62. The third-order valence-corrected chi connectivity index (χ3v) is 7.74. The topological polar surface area (TPSA) is 82.5 Å². The third kappa shape index (κ3) is 3.09. The largest absolute Gasteiger partial charge is 0.335 e. The minimum absolute atomic E-state index is 0.00476. The summed E-state index contributed by atoms with van der Waals surface area (Å²) in [4.78, 5) is 28.6. The van der Waals surface area contributed by atoms with Gasteiger partial charge in [0.2, 0.25) is 0 Å². The maximum atomic E-state index is 13.2. The van der Waals surface area contributed by atoms with E-state index in [1.165, 1.54) is 11.1 Å². The van der Waals surface area contributed by atoms with Gasteiger partial charge in [0.05, 0.1) is 28.8 Å². The Balaban J connectivity index is 1.17. The highest BCUT2D eigenvalue weighted by molar-refractivity contribution is 7.17. The second kappa shape index (κ2) is 7.13. The van der Waals surface area contributed by atoms with Gasteiger partial charge in [-0.2, -0.15) is 0 Å². The van der Waals surface area contributed by atoms with E-state index in [0.717, 1.165) is 33.9 Å². The molecule has 1 unspecified atom stereocenters. The van der Waals surface area contributed by atoms with Gasteiger partial charge < -0.3 is 15.5 Å². The lowest BCUT2D eigenvalue weighted by molar-refractivity contribution is 0.170. The Morgan fingerprint density at radius 2 is 2.03 bits per heavy atom. The third-order valence-electron chi connectivity index (χ3n) is 6.83. The Bertz CT molecular complexity index is 1280.